The summed E-state index contributed by atoms with van der Waals surface area (Å²) in [6.45, 7) is 5.14. The fourth-order valence-corrected chi connectivity index (χ4v) is 3.66. The number of ether oxygens (including phenoxy) is 2. The van der Waals surface area contributed by atoms with E-state index in [0.717, 1.165) is 26.9 Å². The Hall–Kier alpha value is -3.61. The van der Waals surface area contributed by atoms with E-state index < -0.39 is 29.6 Å². The normalized spacial score (nSPS) is 12.2. The second kappa shape index (κ2) is 10.3. The van der Waals surface area contributed by atoms with Crippen molar-refractivity contribution in [3.05, 3.63) is 71.9 Å². The lowest BCUT2D eigenvalue weighted by atomic mass is 10.0. The van der Waals surface area contributed by atoms with Crippen LogP contribution in [0.1, 0.15) is 38.3 Å². The van der Waals surface area contributed by atoms with Crippen LogP contribution in [0.2, 0.25) is 0 Å². The highest BCUT2D eigenvalue weighted by molar-refractivity contribution is 5.97. The maximum Gasteiger partial charge on any atom is 0.417 e. The molecule has 1 aromatic heterocycles. The molecule has 0 spiro atoms. The van der Waals surface area contributed by atoms with Crippen LogP contribution in [-0.4, -0.2) is 46.6 Å². The summed E-state index contributed by atoms with van der Waals surface area (Å²) in [6, 6.07) is 16.0. The molecule has 3 aromatic rings. The van der Waals surface area contributed by atoms with Crippen LogP contribution in [0.4, 0.5) is 4.79 Å². The fraction of sp³-hybridized carbons (Fsp3) is 0.346. The molecule has 2 aromatic carbocycles. The lowest BCUT2D eigenvalue weighted by Crippen LogP contribution is -2.51. The Labute approximate surface area is 193 Å². The molecular formula is C26H30N2O5. The number of H-pyrrole nitrogens is 1. The number of aromatic nitrogens is 1. The zero-order valence-corrected chi connectivity index (χ0v) is 19.5. The first kappa shape index (κ1) is 24.0. The van der Waals surface area contributed by atoms with Crippen molar-refractivity contribution in [3.63, 3.8) is 0 Å². The SMILES string of the molecule is COC(=O)[C@H](Cc1c[nH]c2ccccc12)N(C(=O)CCc1ccccc1)C(=O)OC(C)(C)C. The number of fused-ring (bicyclic) bond motifs is 1. The Kier molecular flexibility index (Phi) is 7.53. The monoisotopic (exact) mass is 450 g/mol. The van der Waals surface area contributed by atoms with Gasteiger partial charge in [0.1, 0.15) is 11.6 Å². The molecule has 7 nitrogen and oxygen atoms in total. The molecule has 33 heavy (non-hydrogen) atoms. The number of aromatic amines is 1. The van der Waals surface area contributed by atoms with Crippen molar-refractivity contribution in [1.82, 2.24) is 9.88 Å². The number of aryl methyl sites for hydroxylation is 1. The number of benzene rings is 2. The zero-order valence-electron chi connectivity index (χ0n) is 19.5. The lowest BCUT2D eigenvalue weighted by Gasteiger charge is -2.30. The van der Waals surface area contributed by atoms with Gasteiger partial charge < -0.3 is 14.5 Å². The van der Waals surface area contributed by atoms with Crippen molar-refractivity contribution >= 4 is 28.9 Å². The van der Waals surface area contributed by atoms with Crippen LogP contribution in [0.3, 0.4) is 0 Å². The summed E-state index contributed by atoms with van der Waals surface area (Å²) in [5, 5.41) is 0.910. The van der Waals surface area contributed by atoms with Gasteiger partial charge in [0.15, 0.2) is 0 Å². The van der Waals surface area contributed by atoms with E-state index in [2.05, 4.69) is 4.98 Å². The van der Waals surface area contributed by atoms with E-state index in [4.69, 9.17) is 9.47 Å². The summed E-state index contributed by atoms with van der Waals surface area (Å²) < 4.78 is 10.5. The third kappa shape index (κ3) is 6.22. The van der Waals surface area contributed by atoms with Crippen LogP contribution < -0.4 is 0 Å². The molecule has 0 aliphatic rings. The molecule has 2 amide bonds. The van der Waals surface area contributed by atoms with Gasteiger partial charge in [0.25, 0.3) is 0 Å². The van der Waals surface area contributed by atoms with Gasteiger partial charge in [-0.2, -0.15) is 0 Å². The Morgan fingerprint density at radius 3 is 2.33 bits per heavy atom. The molecule has 1 atom stereocenters. The number of amides is 2. The standard InChI is InChI=1S/C26H30N2O5/c1-26(2,3)33-25(31)28(23(29)15-14-18-10-6-5-7-11-18)22(24(30)32-4)16-19-17-27-21-13-9-8-12-20(19)21/h5-13,17,22,27H,14-16H2,1-4H3/t22-/m0/s1. The van der Waals surface area contributed by atoms with Crippen LogP contribution in [0.5, 0.6) is 0 Å². The second-order valence-corrected chi connectivity index (χ2v) is 8.83. The van der Waals surface area contributed by atoms with Crippen molar-refractivity contribution < 1.29 is 23.9 Å². The van der Waals surface area contributed by atoms with Gasteiger partial charge in [0.05, 0.1) is 7.11 Å². The molecule has 174 valence electrons. The van der Waals surface area contributed by atoms with E-state index in [1.807, 2.05) is 54.6 Å². The van der Waals surface area contributed by atoms with E-state index in [-0.39, 0.29) is 12.8 Å². The highest BCUT2D eigenvalue weighted by atomic mass is 16.6. The topological polar surface area (TPSA) is 88.7 Å². The molecule has 0 bridgehead atoms. The maximum atomic E-state index is 13.3. The van der Waals surface area contributed by atoms with Crippen molar-refractivity contribution in [3.8, 4) is 0 Å². The van der Waals surface area contributed by atoms with Crippen molar-refractivity contribution in [2.45, 2.75) is 51.7 Å². The Morgan fingerprint density at radius 2 is 1.67 bits per heavy atom. The molecule has 0 aliphatic heterocycles. The van der Waals surface area contributed by atoms with Crippen molar-refractivity contribution in [2.75, 3.05) is 7.11 Å². The van der Waals surface area contributed by atoms with E-state index in [0.29, 0.717) is 6.42 Å². The van der Waals surface area contributed by atoms with Crippen LogP contribution in [-0.2, 0) is 31.9 Å². The molecule has 1 heterocycles. The molecule has 0 unspecified atom stereocenters. The van der Waals surface area contributed by atoms with Gasteiger partial charge in [-0.15, -0.1) is 0 Å². The summed E-state index contributed by atoms with van der Waals surface area (Å²) in [7, 11) is 1.24. The van der Waals surface area contributed by atoms with Crippen LogP contribution in [0.25, 0.3) is 10.9 Å². The average Bonchev–Trinajstić information content (AvgIpc) is 3.19. The van der Waals surface area contributed by atoms with Gasteiger partial charge in [0.2, 0.25) is 5.91 Å². The van der Waals surface area contributed by atoms with E-state index in [1.54, 1.807) is 27.0 Å². The number of carbonyl (C=O) groups is 3. The fourth-order valence-electron chi connectivity index (χ4n) is 3.66. The average molecular weight is 451 g/mol. The minimum Gasteiger partial charge on any atom is -0.467 e. The molecule has 0 radical (unpaired) electrons. The minimum atomic E-state index is -1.16. The number of rotatable bonds is 7. The molecule has 0 saturated carbocycles. The first-order chi connectivity index (χ1) is 15.7. The molecule has 0 aliphatic carbocycles. The summed E-state index contributed by atoms with van der Waals surface area (Å²) >= 11 is 0. The highest BCUT2D eigenvalue weighted by Gasteiger charge is 2.38. The van der Waals surface area contributed by atoms with Crippen LogP contribution in [0.15, 0.2) is 60.8 Å². The summed E-state index contributed by atoms with van der Waals surface area (Å²) in [5.41, 5.74) is 1.82. The van der Waals surface area contributed by atoms with Gasteiger partial charge in [-0.05, 0) is 44.4 Å². The van der Waals surface area contributed by atoms with E-state index in [9.17, 15) is 14.4 Å². The van der Waals surface area contributed by atoms with Gasteiger partial charge in [-0.25, -0.2) is 14.5 Å². The maximum absolute atomic E-state index is 13.3. The minimum absolute atomic E-state index is 0.0463. The third-order valence-corrected chi connectivity index (χ3v) is 5.20. The van der Waals surface area contributed by atoms with E-state index >= 15 is 0 Å². The largest absolute Gasteiger partial charge is 0.467 e. The number of hydrogen-bond acceptors (Lipinski definition) is 5. The third-order valence-electron chi connectivity index (χ3n) is 5.20. The van der Waals surface area contributed by atoms with E-state index in [1.165, 1.54) is 7.11 Å². The van der Waals surface area contributed by atoms with Gasteiger partial charge >= 0.3 is 12.1 Å². The Morgan fingerprint density at radius 1 is 1.00 bits per heavy atom. The quantitative estimate of drug-likeness (QED) is 0.530. The van der Waals surface area contributed by atoms with Gasteiger partial charge in [-0.1, -0.05) is 48.5 Å². The number of hydrogen-bond donors (Lipinski definition) is 1. The Bertz CT molecular complexity index is 1110. The number of nitrogens with one attached hydrogen (secondary N) is 1. The molecule has 0 saturated heterocycles. The molecule has 7 heteroatoms. The number of esters is 1. The molecule has 1 N–H and O–H groups in total. The highest BCUT2D eigenvalue weighted by Crippen LogP contribution is 2.23. The number of carbonyl (C=O) groups excluding carboxylic acids is 3. The predicted molar refractivity (Wildman–Crippen MR) is 126 cm³/mol. The molecule has 0 fully saturated rings. The van der Waals surface area contributed by atoms with Gasteiger partial charge in [0, 0.05) is 29.9 Å². The predicted octanol–water partition coefficient (Wildman–Crippen LogP) is 4.65. The zero-order chi connectivity index (χ0) is 24.0. The summed E-state index contributed by atoms with van der Waals surface area (Å²) in [5.74, 6) is -1.18. The molecule has 3 rings (SSSR count). The first-order valence-corrected chi connectivity index (χ1v) is 10.9. The number of para-hydroxylation sites is 1. The number of nitrogens with zero attached hydrogens (tertiary/aromatic N) is 1. The van der Waals surface area contributed by atoms with Crippen molar-refractivity contribution in [1.29, 1.82) is 0 Å². The second-order valence-electron chi connectivity index (χ2n) is 8.83. The first-order valence-electron chi connectivity index (χ1n) is 10.9. The number of methoxy groups -OCH3 is 1. The summed E-state index contributed by atoms with van der Waals surface area (Å²) in [6.07, 6.45) is 1.50. The van der Waals surface area contributed by atoms with Gasteiger partial charge in [-0.3, -0.25) is 4.79 Å². The summed E-state index contributed by atoms with van der Waals surface area (Å²) in [4.78, 5) is 43.3. The van der Waals surface area contributed by atoms with Crippen LogP contribution in [0, 0.1) is 0 Å². The lowest BCUT2D eigenvalue weighted by molar-refractivity contribution is -0.152. The van der Waals surface area contributed by atoms with Crippen LogP contribution >= 0.6 is 0 Å². The van der Waals surface area contributed by atoms with Crippen molar-refractivity contribution in [2.24, 2.45) is 0 Å². The Balaban J connectivity index is 1.93. The number of imide groups is 1. The molecular weight excluding hydrogens is 420 g/mol. The smallest absolute Gasteiger partial charge is 0.417 e.